The lowest BCUT2D eigenvalue weighted by molar-refractivity contribution is 0.0384. The van der Waals surface area contributed by atoms with Crippen LogP contribution in [0.2, 0.25) is 0 Å². The van der Waals surface area contributed by atoms with Gasteiger partial charge < -0.3 is 14.4 Å². The first-order chi connectivity index (χ1) is 9.78. The largest absolute Gasteiger partial charge is 0.393 e. The summed E-state index contributed by atoms with van der Waals surface area (Å²) >= 11 is 0. The summed E-state index contributed by atoms with van der Waals surface area (Å²) in [4.78, 5) is 4.51. The molecule has 5 nitrogen and oxygen atoms in total. The summed E-state index contributed by atoms with van der Waals surface area (Å²) < 4.78 is 11.1. The monoisotopic (exact) mass is 280 g/mol. The molecular formula is C15H24N2O3. The molecule has 112 valence electrons. The van der Waals surface area contributed by atoms with Gasteiger partial charge in [0.2, 0.25) is 11.7 Å². The van der Waals surface area contributed by atoms with Gasteiger partial charge in [-0.25, -0.2) is 0 Å². The van der Waals surface area contributed by atoms with Gasteiger partial charge in [-0.05, 0) is 44.4 Å². The van der Waals surface area contributed by atoms with Gasteiger partial charge in [-0.15, -0.1) is 0 Å². The van der Waals surface area contributed by atoms with E-state index in [9.17, 15) is 5.11 Å². The molecule has 0 aliphatic heterocycles. The lowest BCUT2D eigenvalue weighted by Gasteiger charge is -2.26. The topological polar surface area (TPSA) is 68.4 Å². The van der Waals surface area contributed by atoms with Crippen molar-refractivity contribution in [2.75, 3.05) is 6.61 Å². The Bertz CT molecular complexity index is 431. The molecule has 3 rings (SSSR count). The molecule has 1 N–H and O–H groups in total. The number of ether oxygens (including phenoxy) is 1. The van der Waals surface area contributed by atoms with Crippen LogP contribution in [0.15, 0.2) is 4.52 Å². The van der Waals surface area contributed by atoms with Crippen molar-refractivity contribution in [2.45, 2.75) is 64.1 Å². The number of aromatic nitrogens is 2. The van der Waals surface area contributed by atoms with Gasteiger partial charge in [-0.3, -0.25) is 0 Å². The normalized spacial score (nSPS) is 28.5. The van der Waals surface area contributed by atoms with Gasteiger partial charge in [0, 0.05) is 13.0 Å². The van der Waals surface area contributed by atoms with E-state index in [1.165, 1.54) is 19.3 Å². The van der Waals surface area contributed by atoms with E-state index in [2.05, 4.69) is 10.1 Å². The Morgan fingerprint density at radius 3 is 2.80 bits per heavy atom. The Morgan fingerprint density at radius 2 is 2.10 bits per heavy atom. The summed E-state index contributed by atoms with van der Waals surface area (Å²) in [6, 6.07) is 0. The minimum Gasteiger partial charge on any atom is -0.393 e. The van der Waals surface area contributed by atoms with Gasteiger partial charge in [-0.2, -0.15) is 4.98 Å². The number of aliphatic hydroxyl groups excluding tert-OH is 1. The number of hydrogen-bond donors (Lipinski definition) is 1. The van der Waals surface area contributed by atoms with Crippen LogP contribution in [0, 0.1) is 11.8 Å². The molecule has 3 unspecified atom stereocenters. The Morgan fingerprint density at radius 1 is 1.30 bits per heavy atom. The predicted molar refractivity (Wildman–Crippen MR) is 73.1 cm³/mol. The van der Waals surface area contributed by atoms with Gasteiger partial charge in [0.25, 0.3) is 0 Å². The molecule has 0 bridgehead atoms. The third-order valence-electron chi connectivity index (χ3n) is 4.44. The van der Waals surface area contributed by atoms with Crippen molar-refractivity contribution >= 4 is 0 Å². The van der Waals surface area contributed by atoms with Gasteiger partial charge in [-0.1, -0.05) is 18.0 Å². The van der Waals surface area contributed by atoms with E-state index in [4.69, 9.17) is 9.26 Å². The average molecular weight is 280 g/mol. The molecule has 1 heterocycles. The van der Waals surface area contributed by atoms with E-state index < -0.39 is 0 Å². The van der Waals surface area contributed by atoms with Crippen LogP contribution in [-0.4, -0.2) is 28.0 Å². The fraction of sp³-hybridized carbons (Fsp3) is 0.867. The van der Waals surface area contributed by atoms with Gasteiger partial charge in [0.15, 0.2) is 0 Å². The summed E-state index contributed by atoms with van der Waals surface area (Å²) in [6.07, 6.45) is 7.11. The van der Waals surface area contributed by atoms with Crippen LogP contribution in [-0.2, 0) is 11.2 Å². The second-order valence-corrected chi connectivity index (χ2v) is 6.08. The first kappa shape index (κ1) is 14.0. The first-order valence-electron chi connectivity index (χ1n) is 7.90. The molecule has 0 saturated heterocycles. The van der Waals surface area contributed by atoms with Gasteiger partial charge in [0.05, 0.1) is 6.10 Å². The van der Waals surface area contributed by atoms with E-state index in [1.54, 1.807) is 0 Å². The second kappa shape index (κ2) is 6.22. The molecule has 1 aromatic rings. The first-order valence-corrected chi connectivity index (χ1v) is 7.90. The molecule has 3 atom stereocenters. The zero-order valence-electron chi connectivity index (χ0n) is 12.1. The quantitative estimate of drug-likeness (QED) is 0.867. The Hall–Kier alpha value is -0.940. The zero-order valence-corrected chi connectivity index (χ0v) is 12.1. The molecule has 5 heteroatoms. The van der Waals surface area contributed by atoms with Crippen molar-refractivity contribution < 1.29 is 14.4 Å². The van der Waals surface area contributed by atoms with Crippen molar-refractivity contribution in [1.29, 1.82) is 0 Å². The van der Waals surface area contributed by atoms with Crippen LogP contribution in [0.4, 0.5) is 0 Å². The fourth-order valence-electron chi connectivity index (χ4n) is 3.12. The molecular weight excluding hydrogens is 256 g/mol. The highest BCUT2D eigenvalue weighted by Crippen LogP contribution is 2.42. The van der Waals surface area contributed by atoms with Crippen molar-refractivity contribution in [3.8, 4) is 0 Å². The van der Waals surface area contributed by atoms with Crippen molar-refractivity contribution in [2.24, 2.45) is 11.8 Å². The lowest BCUT2D eigenvalue weighted by Crippen LogP contribution is -2.26. The molecule has 0 amide bonds. The van der Waals surface area contributed by atoms with Crippen molar-refractivity contribution in [3.63, 3.8) is 0 Å². The third-order valence-corrected chi connectivity index (χ3v) is 4.44. The average Bonchev–Trinajstić information content (AvgIpc) is 3.18. The zero-order chi connectivity index (χ0) is 13.9. The molecule has 2 aliphatic rings. The van der Waals surface area contributed by atoms with Crippen LogP contribution >= 0.6 is 0 Å². The van der Waals surface area contributed by atoms with E-state index in [0.29, 0.717) is 30.7 Å². The fourth-order valence-corrected chi connectivity index (χ4v) is 3.12. The molecule has 2 aliphatic carbocycles. The van der Waals surface area contributed by atoms with E-state index >= 15 is 0 Å². The summed E-state index contributed by atoms with van der Waals surface area (Å²) in [5.74, 6) is 2.16. The van der Waals surface area contributed by atoms with Gasteiger partial charge >= 0.3 is 0 Å². The minimum absolute atomic E-state index is 0.00576. The number of aliphatic hydroxyl groups is 1. The van der Waals surface area contributed by atoms with E-state index in [1.807, 2.05) is 6.92 Å². The molecule has 0 spiro atoms. The maximum absolute atomic E-state index is 10.0. The predicted octanol–water partition coefficient (Wildman–Crippen LogP) is 2.65. The molecule has 0 radical (unpaired) electrons. The minimum atomic E-state index is -0.217. The lowest BCUT2D eigenvalue weighted by atomic mass is 9.84. The van der Waals surface area contributed by atoms with E-state index in [0.717, 1.165) is 19.3 Å². The molecule has 2 fully saturated rings. The highest BCUT2D eigenvalue weighted by atomic mass is 16.5. The van der Waals surface area contributed by atoms with Crippen LogP contribution in [0.5, 0.6) is 0 Å². The summed E-state index contributed by atoms with van der Waals surface area (Å²) in [7, 11) is 0. The summed E-state index contributed by atoms with van der Waals surface area (Å²) in [5.41, 5.74) is 0. The van der Waals surface area contributed by atoms with Gasteiger partial charge in [0.1, 0.15) is 6.10 Å². The number of nitrogens with zero attached hydrogens (tertiary/aromatic N) is 2. The SMILES string of the molecule is CCOC(c1noc(CC2CCCCC2O)n1)C1CC1. The second-order valence-electron chi connectivity index (χ2n) is 6.08. The summed E-state index contributed by atoms with van der Waals surface area (Å²) in [5, 5.41) is 14.1. The molecule has 0 aromatic carbocycles. The number of rotatable bonds is 6. The smallest absolute Gasteiger partial charge is 0.227 e. The molecule has 1 aromatic heterocycles. The van der Waals surface area contributed by atoms with Crippen LogP contribution in [0.25, 0.3) is 0 Å². The molecule has 20 heavy (non-hydrogen) atoms. The third kappa shape index (κ3) is 3.20. The Balaban J connectivity index is 1.63. The highest BCUT2D eigenvalue weighted by Gasteiger charge is 2.36. The van der Waals surface area contributed by atoms with Crippen LogP contribution in [0.1, 0.15) is 63.3 Å². The molecule has 2 saturated carbocycles. The standard InChI is InChI=1S/C15H24N2O3/c1-2-19-14(10-7-8-10)15-16-13(20-17-15)9-11-5-3-4-6-12(11)18/h10-12,14,18H,2-9H2,1H3. The number of hydrogen-bond acceptors (Lipinski definition) is 5. The van der Waals surface area contributed by atoms with Crippen LogP contribution in [0.3, 0.4) is 0 Å². The van der Waals surface area contributed by atoms with Crippen molar-refractivity contribution in [1.82, 2.24) is 10.1 Å². The van der Waals surface area contributed by atoms with Crippen molar-refractivity contribution in [3.05, 3.63) is 11.7 Å². The summed E-state index contributed by atoms with van der Waals surface area (Å²) in [6.45, 7) is 2.67. The highest BCUT2D eigenvalue weighted by molar-refractivity contribution is 4.99. The Kier molecular flexibility index (Phi) is 4.36. The maximum atomic E-state index is 10.0. The Labute approximate surface area is 119 Å². The van der Waals surface area contributed by atoms with Crippen LogP contribution < -0.4 is 0 Å². The maximum Gasteiger partial charge on any atom is 0.227 e. The van der Waals surface area contributed by atoms with E-state index in [-0.39, 0.29) is 18.1 Å².